The highest BCUT2D eigenvalue weighted by molar-refractivity contribution is 6.46. The van der Waals surface area contributed by atoms with Gasteiger partial charge in [-0.2, -0.15) is 5.10 Å². The molecule has 22 heavy (non-hydrogen) atoms. The number of aromatic hydroxyl groups is 1. The van der Waals surface area contributed by atoms with E-state index in [0.29, 0.717) is 5.56 Å². The molecule has 0 aliphatic heterocycles. The van der Waals surface area contributed by atoms with Crippen molar-refractivity contribution < 1.29 is 9.90 Å². The van der Waals surface area contributed by atoms with Crippen LogP contribution in [0.25, 0.3) is 0 Å². The summed E-state index contributed by atoms with van der Waals surface area (Å²) in [4.78, 5) is 15.7. The number of carbonyl (C=O) groups excluding carboxylic acids is 1. The van der Waals surface area contributed by atoms with Crippen molar-refractivity contribution in [3.8, 4) is 5.75 Å². The number of nitrogens with one attached hydrogen (secondary N) is 1. The van der Waals surface area contributed by atoms with Crippen LogP contribution in [0, 0.1) is 0 Å². The third kappa shape index (κ3) is 3.59. The van der Waals surface area contributed by atoms with Crippen LogP contribution in [0.15, 0.2) is 29.4 Å². The quantitative estimate of drug-likeness (QED) is 0.445. The summed E-state index contributed by atoms with van der Waals surface area (Å²) < 4.78 is 0. The maximum atomic E-state index is 12.0. The van der Waals surface area contributed by atoms with Crippen LogP contribution in [0.4, 0.5) is 5.69 Å². The van der Waals surface area contributed by atoms with Gasteiger partial charge in [-0.1, -0.05) is 46.9 Å². The number of aromatic nitrogens is 1. The van der Waals surface area contributed by atoms with Gasteiger partial charge in [-0.15, -0.1) is 0 Å². The Labute approximate surface area is 140 Å². The van der Waals surface area contributed by atoms with Crippen molar-refractivity contribution in [2.45, 2.75) is 0 Å². The van der Waals surface area contributed by atoms with Crippen molar-refractivity contribution in [1.82, 2.24) is 10.4 Å². The lowest BCUT2D eigenvalue weighted by molar-refractivity contribution is 0.0950. The van der Waals surface area contributed by atoms with Crippen molar-refractivity contribution in [2.24, 2.45) is 5.10 Å². The summed E-state index contributed by atoms with van der Waals surface area (Å²) in [6.07, 6.45) is 1.34. The number of amides is 1. The first-order valence-corrected chi connectivity index (χ1v) is 6.96. The predicted octanol–water partition coefficient (Wildman–Crippen LogP) is 3.09. The molecule has 1 aromatic carbocycles. The molecule has 114 valence electrons. The number of benzene rings is 1. The van der Waals surface area contributed by atoms with Crippen LogP contribution in [-0.2, 0) is 0 Å². The lowest BCUT2D eigenvalue weighted by Crippen LogP contribution is -2.20. The fourth-order valence-corrected chi connectivity index (χ4v) is 2.10. The van der Waals surface area contributed by atoms with Gasteiger partial charge in [0.2, 0.25) is 0 Å². The molecule has 6 nitrogen and oxygen atoms in total. The molecule has 4 N–H and O–H groups in total. The van der Waals surface area contributed by atoms with Gasteiger partial charge in [-0.3, -0.25) is 4.79 Å². The minimum absolute atomic E-state index is 0.0218. The van der Waals surface area contributed by atoms with Gasteiger partial charge >= 0.3 is 0 Å². The summed E-state index contributed by atoms with van der Waals surface area (Å²) in [7, 11) is 0. The third-order valence-corrected chi connectivity index (χ3v) is 3.67. The van der Waals surface area contributed by atoms with Gasteiger partial charge in [-0.25, -0.2) is 10.4 Å². The van der Waals surface area contributed by atoms with Crippen LogP contribution in [0.3, 0.4) is 0 Å². The summed E-state index contributed by atoms with van der Waals surface area (Å²) in [6.45, 7) is 0. The monoisotopic (exact) mass is 358 g/mol. The second kappa shape index (κ2) is 6.83. The number of nitrogen functional groups attached to an aromatic ring is 1. The van der Waals surface area contributed by atoms with Crippen molar-refractivity contribution in [1.29, 1.82) is 0 Å². The number of halogens is 3. The number of rotatable bonds is 3. The first-order valence-electron chi connectivity index (χ1n) is 5.82. The lowest BCUT2D eigenvalue weighted by atomic mass is 10.2. The molecule has 0 fully saturated rings. The summed E-state index contributed by atoms with van der Waals surface area (Å²) >= 11 is 17.4. The van der Waals surface area contributed by atoms with E-state index in [2.05, 4.69) is 15.5 Å². The van der Waals surface area contributed by atoms with E-state index in [0.717, 1.165) is 0 Å². The molecule has 9 heteroatoms. The normalized spacial score (nSPS) is 10.9. The average Bonchev–Trinajstić information content (AvgIpc) is 2.48. The van der Waals surface area contributed by atoms with Gasteiger partial charge in [-0.05, 0) is 17.7 Å². The summed E-state index contributed by atoms with van der Waals surface area (Å²) in [6, 6.07) is 6.31. The molecule has 0 radical (unpaired) electrons. The molecule has 0 aliphatic rings. The molecular formula is C13H9Cl3N4O2. The van der Waals surface area contributed by atoms with Crippen LogP contribution >= 0.6 is 34.8 Å². The zero-order valence-electron chi connectivity index (χ0n) is 10.8. The fraction of sp³-hybridized carbons (Fsp3) is 0. The van der Waals surface area contributed by atoms with Gasteiger partial charge in [0.05, 0.1) is 16.9 Å². The molecular weight excluding hydrogens is 351 g/mol. The predicted molar refractivity (Wildman–Crippen MR) is 86.8 cm³/mol. The number of carbonyl (C=O) groups is 1. The van der Waals surface area contributed by atoms with E-state index in [9.17, 15) is 9.90 Å². The standard InChI is InChI=1S/C13H9Cl3N4O2/c14-8-10(17)9(15)12(16)19-11(8)13(22)20-18-5-6-2-1-3-7(21)4-6/h1-5,21H,(H2,17,19)(H,20,22)/b18-5+. The number of hydrazone groups is 1. The topological polar surface area (TPSA) is 101 Å². The molecule has 1 heterocycles. The Bertz CT molecular complexity index is 765. The Morgan fingerprint density at radius 1 is 1.32 bits per heavy atom. The van der Waals surface area contributed by atoms with Crippen molar-refractivity contribution in [3.63, 3.8) is 0 Å². The molecule has 0 atom stereocenters. The minimum atomic E-state index is -0.702. The van der Waals surface area contributed by atoms with Crippen LogP contribution in [0.2, 0.25) is 15.2 Å². The Balaban J connectivity index is 2.17. The van der Waals surface area contributed by atoms with Crippen LogP contribution in [0.1, 0.15) is 16.1 Å². The molecule has 0 saturated heterocycles. The highest BCUT2D eigenvalue weighted by atomic mass is 35.5. The van der Waals surface area contributed by atoms with E-state index in [4.69, 9.17) is 40.5 Å². The SMILES string of the molecule is Nc1c(Cl)c(Cl)nc(C(=O)N/N=C/c2cccc(O)c2)c1Cl. The number of anilines is 1. The van der Waals surface area contributed by atoms with Crippen molar-refractivity contribution in [2.75, 3.05) is 5.73 Å². The second-order valence-electron chi connectivity index (χ2n) is 4.09. The van der Waals surface area contributed by atoms with Gasteiger partial charge < -0.3 is 10.8 Å². The molecule has 0 unspecified atom stereocenters. The van der Waals surface area contributed by atoms with E-state index in [-0.39, 0.29) is 32.3 Å². The van der Waals surface area contributed by atoms with Gasteiger partial charge in [0.1, 0.15) is 10.8 Å². The highest BCUT2D eigenvalue weighted by Gasteiger charge is 2.19. The minimum Gasteiger partial charge on any atom is -0.508 e. The van der Waals surface area contributed by atoms with Crippen LogP contribution in [0.5, 0.6) is 5.75 Å². The zero-order valence-corrected chi connectivity index (χ0v) is 13.1. The molecule has 1 aromatic heterocycles. The largest absolute Gasteiger partial charge is 0.508 e. The molecule has 0 aliphatic carbocycles. The van der Waals surface area contributed by atoms with Gasteiger partial charge in [0.15, 0.2) is 10.8 Å². The summed E-state index contributed by atoms with van der Waals surface area (Å²) in [5.74, 6) is -0.621. The number of hydrogen-bond acceptors (Lipinski definition) is 5. The van der Waals surface area contributed by atoms with E-state index in [1.54, 1.807) is 12.1 Å². The lowest BCUT2D eigenvalue weighted by Gasteiger charge is -2.07. The second-order valence-corrected chi connectivity index (χ2v) is 5.20. The molecule has 0 saturated carbocycles. The summed E-state index contributed by atoms with van der Waals surface area (Å²) in [5, 5.41) is 12.8. The highest BCUT2D eigenvalue weighted by Crippen LogP contribution is 2.34. The van der Waals surface area contributed by atoms with Crippen LogP contribution < -0.4 is 11.2 Å². The molecule has 1 amide bonds. The molecule has 0 spiro atoms. The number of phenolic OH excluding ortho intramolecular Hbond substituents is 1. The van der Waals surface area contributed by atoms with E-state index < -0.39 is 5.91 Å². The van der Waals surface area contributed by atoms with E-state index in [1.165, 1.54) is 18.3 Å². The summed E-state index contributed by atoms with van der Waals surface area (Å²) in [5.41, 5.74) is 8.21. The van der Waals surface area contributed by atoms with Crippen LogP contribution in [-0.4, -0.2) is 22.2 Å². The number of phenols is 1. The maximum Gasteiger partial charge on any atom is 0.291 e. The zero-order chi connectivity index (χ0) is 16.3. The number of nitrogens with zero attached hydrogens (tertiary/aromatic N) is 2. The molecule has 2 aromatic rings. The third-order valence-electron chi connectivity index (χ3n) is 2.54. The smallest absolute Gasteiger partial charge is 0.291 e. The average molecular weight is 360 g/mol. The Morgan fingerprint density at radius 3 is 2.73 bits per heavy atom. The van der Waals surface area contributed by atoms with Crippen molar-refractivity contribution >= 4 is 52.6 Å². The number of hydrogen-bond donors (Lipinski definition) is 3. The fourth-order valence-electron chi connectivity index (χ4n) is 1.51. The van der Waals surface area contributed by atoms with E-state index >= 15 is 0 Å². The molecule has 0 bridgehead atoms. The van der Waals surface area contributed by atoms with E-state index in [1.807, 2.05) is 0 Å². The van der Waals surface area contributed by atoms with Crippen molar-refractivity contribution in [3.05, 3.63) is 50.7 Å². The molecule has 2 rings (SSSR count). The first kappa shape index (κ1) is 16.4. The van der Waals surface area contributed by atoms with Gasteiger partial charge in [0.25, 0.3) is 5.91 Å². The first-order chi connectivity index (χ1) is 10.4. The Morgan fingerprint density at radius 2 is 2.05 bits per heavy atom. The Hall–Kier alpha value is -2.02. The number of pyridine rings is 1. The Kier molecular flexibility index (Phi) is 5.07. The maximum absolute atomic E-state index is 12.0. The van der Waals surface area contributed by atoms with Gasteiger partial charge in [0, 0.05) is 0 Å². The number of nitrogens with two attached hydrogens (primary N) is 1.